The first-order valence-electron chi connectivity index (χ1n) is 16.9. The Morgan fingerprint density at radius 2 is 1.80 bits per heavy atom. The summed E-state index contributed by atoms with van der Waals surface area (Å²) in [5.74, 6) is 2.48. The molecule has 252 valence electrons. The Labute approximate surface area is 288 Å². The highest BCUT2D eigenvalue weighted by atomic mass is 35.5. The van der Waals surface area contributed by atoms with Gasteiger partial charge in [0.15, 0.2) is 0 Å². The number of amides is 1. The molecule has 2 aromatic rings. The largest absolute Gasteiger partial charge is 0.487 e. The summed E-state index contributed by atoms with van der Waals surface area (Å²) in [5.41, 5.74) is 2.54. The fourth-order valence-corrected chi connectivity index (χ4v) is 12.5. The number of nitrogens with one attached hydrogen (secondary N) is 1. The first-order valence-corrected chi connectivity index (χ1v) is 20.9. The molecule has 0 spiro atoms. The van der Waals surface area contributed by atoms with Crippen molar-refractivity contribution in [2.45, 2.75) is 93.7 Å². The minimum absolute atomic E-state index is 0.124. The van der Waals surface area contributed by atoms with E-state index >= 15 is 0 Å². The van der Waals surface area contributed by atoms with Crippen molar-refractivity contribution in [1.82, 2.24) is 4.72 Å². The fourth-order valence-electron chi connectivity index (χ4n) is 7.59. The zero-order chi connectivity index (χ0) is 32.5. The summed E-state index contributed by atoms with van der Waals surface area (Å²) < 4.78 is 35.8. The van der Waals surface area contributed by atoms with Crippen LogP contribution in [0, 0.1) is 17.8 Å². The molecule has 6 rings (SSSR count). The maximum Gasteiger partial charge on any atom is 0.264 e. The smallest absolute Gasteiger partial charge is 0.264 e. The lowest BCUT2D eigenvalue weighted by Gasteiger charge is -2.52. The van der Waals surface area contributed by atoms with Crippen molar-refractivity contribution in [3.05, 3.63) is 58.1 Å². The lowest BCUT2D eigenvalue weighted by Crippen LogP contribution is -2.55. The summed E-state index contributed by atoms with van der Waals surface area (Å²) >= 11 is 10.2. The van der Waals surface area contributed by atoms with Crippen molar-refractivity contribution in [2.75, 3.05) is 29.5 Å². The molecule has 5 atom stereocenters. The van der Waals surface area contributed by atoms with E-state index in [0.29, 0.717) is 41.7 Å². The van der Waals surface area contributed by atoms with Crippen LogP contribution in [-0.2, 0) is 23.1 Å². The molecule has 1 amide bonds. The third-order valence-corrected chi connectivity index (χ3v) is 16.2. The summed E-state index contributed by atoms with van der Waals surface area (Å²) in [5, 5.41) is 12.6. The molecule has 1 saturated heterocycles. The summed E-state index contributed by atoms with van der Waals surface area (Å²) in [7, 11) is -3.92. The zero-order valence-corrected chi connectivity index (χ0v) is 30.1. The van der Waals surface area contributed by atoms with Gasteiger partial charge in [0.25, 0.3) is 5.91 Å². The maximum absolute atomic E-state index is 13.5. The van der Waals surface area contributed by atoms with Gasteiger partial charge in [0.05, 0.1) is 21.1 Å². The number of nitrogens with zero attached hydrogens (tertiary/aromatic N) is 1. The van der Waals surface area contributed by atoms with E-state index in [2.05, 4.69) is 9.62 Å². The molecule has 3 heterocycles. The van der Waals surface area contributed by atoms with Crippen LogP contribution in [-0.4, -0.2) is 59.5 Å². The molecule has 11 heteroatoms. The number of aryl methyl sites for hydroxylation is 1. The first-order chi connectivity index (χ1) is 22.0. The van der Waals surface area contributed by atoms with E-state index in [0.717, 1.165) is 80.8 Å². The summed E-state index contributed by atoms with van der Waals surface area (Å²) in [4.78, 5) is 15.8. The number of thioether (sulfide) groups is 2. The Balaban J connectivity index is 1.39. The van der Waals surface area contributed by atoms with Crippen LogP contribution in [0.5, 0.6) is 5.75 Å². The number of sulfonamides is 1. The van der Waals surface area contributed by atoms with Gasteiger partial charge in [0, 0.05) is 23.7 Å². The van der Waals surface area contributed by atoms with Crippen molar-refractivity contribution in [3.8, 4) is 5.75 Å². The third-order valence-electron chi connectivity index (χ3n) is 10.7. The molecule has 3 aliphatic heterocycles. The number of hydrogen-bond acceptors (Lipinski definition) is 8. The number of anilines is 1. The molecular weight excluding hydrogens is 660 g/mol. The Kier molecular flexibility index (Phi) is 10.8. The predicted octanol–water partition coefficient (Wildman–Crippen LogP) is 7.28. The molecule has 7 nitrogen and oxygen atoms in total. The zero-order valence-electron chi connectivity index (χ0n) is 26.9. The topological polar surface area (TPSA) is 95.9 Å². The highest BCUT2D eigenvalue weighted by molar-refractivity contribution is 8.17. The Bertz CT molecular complexity index is 1520. The van der Waals surface area contributed by atoms with E-state index < -0.39 is 26.8 Å². The highest BCUT2D eigenvalue weighted by Crippen LogP contribution is 2.53. The second kappa shape index (κ2) is 14.5. The van der Waals surface area contributed by atoms with Crippen molar-refractivity contribution >= 4 is 56.7 Å². The van der Waals surface area contributed by atoms with E-state index in [-0.39, 0.29) is 16.4 Å². The maximum atomic E-state index is 13.5. The molecule has 1 saturated carbocycles. The van der Waals surface area contributed by atoms with Gasteiger partial charge in [-0.3, -0.25) is 4.79 Å². The second-order valence-electron chi connectivity index (χ2n) is 13.7. The number of carbonyl (C=O) groups is 1. The fraction of sp³-hybridized carbons (Fsp3) is 0.629. The number of halogens is 1. The lowest BCUT2D eigenvalue weighted by atomic mass is 9.63. The lowest BCUT2D eigenvalue weighted by molar-refractivity contribution is -0.0763. The van der Waals surface area contributed by atoms with Gasteiger partial charge in [-0.25, -0.2) is 13.1 Å². The van der Waals surface area contributed by atoms with Gasteiger partial charge in [0.1, 0.15) is 12.4 Å². The highest BCUT2D eigenvalue weighted by Gasteiger charge is 2.52. The van der Waals surface area contributed by atoms with E-state index in [4.69, 9.17) is 16.3 Å². The van der Waals surface area contributed by atoms with Crippen LogP contribution in [0.3, 0.4) is 0 Å². The molecule has 2 aromatic carbocycles. The molecule has 46 heavy (non-hydrogen) atoms. The molecule has 1 aliphatic carbocycles. The molecule has 0 aromatic heterocycles. The van der Waals surface area contributed by atoms with Crippen molar-refractivity contribution in [3.63, 3.8) is 0 Å². The normalized spacial score (nSPS) is 31.2. The third kappa shape index (κ3) is 7.36. The molecule has 0 radical (unpaired) electrons. The van der Waals surface area contributed by atoms with Crippen LogP contribution < -0.4 is 14.4 Å². The molecule has 4 aliphatic rings. The van der Waals surface area contributed by atoms with Gasteiger partial charge < -0.3 is 14.7 Å². The average molecular weight is 707 g/mol. The predicted molar refractivity (Wildman–Crippen MR) is 191 cm³/mol. The molecule has 2 N–H and O–H groups in total. The number of ether oxygens (including phenoxy) is 1. The average Bonchev–Trinajstić information content (AvgIpc) is 3.05. The van der Waals surface area contributed by atoms with Crippen LogP contribution in [0.1, 0.15) is 86.7 Å². The Morgan fingerprint density at radius 1 is 1.00 bits per heavy atom. The van der Waals surface area contributed by atoms with Gasteiger partial charge in [-0.1, -0.05) is 31.0 Å². The summed E-state index contributed by atoms with van der Waals surface area (Å²) in [6.45, 7) is 5.50. The summed E-state index contributed by atoms with van der Waals surface area (Å²) in [6.07, 6.45) is 8.10. The Morgan fingerprint density at radius 3 is 2.57 bits per heavy atom. The number of fused-ring (bicyclic) bond motifs is 3. The monoisotopic (exact) mass is 706 g/mol. The minimum atomic E-state index is -3.92. The molecule has 0 unspecified atom stereocenters. The SMILES string of the molecule is C[C@@H]1[C@@H](C)CCC[C@@](O)(C2SCCCS2)[C@@H]2CC[C@H]2CN2CCCCc3cc(Cl)ccc3COc3ccc(cc32)C(=O)NS1(=O)=O. The number of carbonyl (C=O) groups excluding carboxylic acids is 1. The van der Waals surface area contributed by atoms with Crippen molar-refractivity contribution in [2.24, 2.45) is 17.8 Å². The van der Waals surface area contributed by atoms with Crippen LogP contribution in [0.15, 0.2) is 36.4 Å². The first kappa shape index (κ1) is 34.3. The summed E-state index contributed by atoms with van der Waals surface area (Å²) in [6, 6.07) is 11.2. The van der Waals surface area contributed by atoms with Crippen LogP contribution in [0.2, 0.25) is 5.02 Å². The van der Waals surface area contributed by atoms with E-state index in [1.807, 2.05) is 48.6 Å². The van der Waals surface area contributed by atoms with E-state index in [1.165, 1.54) is 5.56 Å². The molecular formula is C35H47ClN2O5S3. The van der Waals surface area contributed by atoms with E-state index in [9.17, 15) is 18.3 Å². The van der Waals surface area contributed by atoms with Crippen LogP contribution in [0.25, 0.3) is 0 Å². The van der Waals surface area contributed by atoms with Crippen molar-refractivity contribution in [1.29, 1.82) is 0 Å². The van der Waals surface area contributed by atoms with Crippen molar-refractivity contribution < 1.29 is 23.1 Å². The quantitative estimate of drug-likeness (QED) is 0.320. The second-order valence-corrected chi connectivity index (χ2v) is 18.9. The standard InChI is InChI=1S/C35H47ClN2O5S3/c1-23-7-5-15-35(40,34-44-17-6-18-45-34)30-13-10-27(30)21-38-16-4-3-8-25-19-29(36)12-9-28(25)22-43-32-14-11-26(20-31(32)38)33(39)37-46(41,42)24(23)2/h9,11-12,14,19-20,23-24,27,30,34,40H,3-8,10,13,15-18,21-22H2,1-2H3,(H,37,39)/t23-,24+,27-,30+,35-/m0/s1. The van der Waals surface area contributed by atoms with Crippen LogP contribution in [0.4, 0.5) is 5.69 Å². The minimum Gasteiger partial charge on any atom is -0.487 e. The van der Waals surface area contributed by atoms with Crippen LogP contribution >= 0.6 is 35.1 Å². The van der Waals surface area contributed by atoms with Gasteiger partial charge in [0.2, 0.25) is 10.0 Å². The number of aliphatic hydroxyl groups is 1. The molecule has 2 fully saturated rings. The van der Waals surface area contributed by atoms with E-state index in [1.54, 1.807) is 25.1 Å². The number of benzene rings is 2. The van der Waals surface area contributed by atoms with Gasteiger partial charge in [-0.15, -0.1) is 23.5 Å². The Hall–Kier alpha value is -1.59. The van der Waals surface area contributed by atoms with Gasteiger partial charge in [-0.05, 0) is 129 Å². The molecule has 2 bridgehead atoms. The van der Waals surface area contributed by atoms with Gasteiger partial charge >= 0.3 is 0 Å². The van der Waals surface area contributed by atoms with Gasteiger partial charge in [-0.2, -0.15) is 0 Å². The number of rotatable bonds is 1. The number of hydrogen-bond donors (Lipinski definition) is 2.